The van der Waals surface area contributed by atoms with Crippen LogP contribution in [0, 0.1) is 0 Å². The summed E-state index contributed by atoms with van der Waals surface area (Å²) in [6.07, 6.45) is 6.57. The smallest absolute Gasteiger partial charge is 0.335 e. The van der Waals surface area contributed by atoms with E-state index in [1.807, 2.05) is 108 Å². The van der Waals surface area contributed by atoms with Gasteiger partial charge in [0.25, 0.3) is 0 Å². The van der Waals surface area contributed by atoms with E-state index in [9.17, 15) is 14.4 Å². The molecule has 7 rings (SSSR count). The van der Waals surface area contributed by atoms with Gasteiger partial charge in [-0.15, -0.1) is 0 Å². The van der Waals surface area contributed by atoms with Gasteiger partial charge >= 0.3 is 17.9 Å². The summed E-state index contributed by atoms with van der Waals surface area (Å²) >= 11 is 0. The van der Waals surface area contributed by atoms with Crippen LogP contribution in [0.4, 0.5) is 34.1 Å². The number of rotatable bonds is 17. The molecule has 6 aromatic carbocycles. The predicted octanol–water partition coefficient (Wildman–Crippen LogP) is 10.9. The van der Waals surface area contributed by atoms with E-state index in [1.54, 1.807) is 12.1 Å². The van der Waals surface area contributed by atoms with Crippen LogP contribution in [0.25, 0.3) is 0 Å². The number of aryl methyl sites for hydroxylation is 2. The van der Waals surface area contributed by atoms with E-state index in [4.69, 9.17) is 23.7 Å². The first-order valence-corrected chi connectivity index (χ1v) is 19.3. The van der Waals surface area contributed by atoms with Crippen molar-refractivity contribution in [1.29, 1.82) is 0 Å². The van der Waals surface area contributed by atoms with Gasteiger partial charge in [0, 0.05) is 52.7 Å². The number of nitrogens with zero attached hydrogens (tertiary/aromatic N) is 2. The van der Waals surface area contributed by atoms with Gasteiger partial charge in [-0.2, -0.15) is 0 Å². The zero-order valence-electron chi connectivity index (χ0n) is 32.8. The molecular formula is C50H42N2O8. The fourth-order valence-electron chi connectivity index (χ4n) is 6.78. The third-order valence-corrected chi connectivity index (χ3v) is 9.67. The molecule has 1 aliphatic rings. The molecule has 0 radical (unpaired) electrons. The first-order valence-electron chi connectivity index (χ1n) is 19.3. The molecule has 0 fully saturated rings. The Morgan fingerprint density at radius 3 is 1.68 bits per heavy atom. The maximum absolute atomic E-state index is 12.4. The average Bonchev–Trinajstić information content (AvgIpc) is 3.76. The van der Waals surface area contributed by atoms with Gasteiger partial charge in [0.15, 0.2) is 5.75 Å². The molecule has 60 heavy (non-hydrogen) atoms. The highest BCUT2D eigenvalue weighted by Gasteiger charge is 2.21. The molecule has 6 aromatic rings. The molecule has 0 spiro atoms. The van der Waals surface area contributed by atoms with Gasteiger partial charge in [0.05, 0.1) is 5.69 Å². The number of esters is 3. The average molecular weight is 799 g/mol. The number of hydrogen-bond donors (Lipinski definition) is 0. The summed E-state index contributed by atoms with van der Waals surface area (Å²) in [7, 11) is 0. The molecule has 0 atom stereocenters. The normalized spacial score (nSPS) is 11.3. The molecule has 0 aliphatic heterocycles. The highest BCUT2D eigenvalue weighted by molar-refractivity contribution is 5.88. The summed E-state index contributed by atoms with van der Waals surface area (Å²) in [4.78, 5) is 40.0. The van der Waals surface area contributed by atoms with Crippen LogP contribution in [0.15, 0.2) is 177 Å². The lowest BCUT2D eigenvalue weighted by atomic mass is 10.1. The van der Waals surface area contributed by atoms with Gasteiger partial charge < -0.3 is 33.5 Å². The molecule has 0 amide bonds. The number of carbonyl (C=O) groups excluding carboxylic acids is 3. The van der Waals surface area contributed by atoms with Crippen LogP contribution in [-0.4, -0.2) is 24.7 Å². The molecule has 10 heteroatoms. The lowest BCUT2D eigenvalue weighted by molar-refractivity contribution is -0.139. The van der Waals surface area contributed by atoms with E-state index in [2.05, 4.69) is 42.8 Å². The minimum atomic E-state index is -0.678. The Hall–Kier alpha value is -7.85. The standard InChI is InChI=1S/C50H42N2O8/c1-4-48(53)56-33-35-15-18-39(19-16-35)51(42-20-17-36-11-10-12-37(36)31-42)40-21-25-43(26-22-40)57-34-58-44-27-23-41(24-28-44)52(38-13-8-7-9-14-38)46-30-29-45(59-49(54)5-2)32-47(46)60-50(55)6-3/h4-9,13-32H,1-3,10-12,33-34H2. The van der Waals surface area contributed by atoms with Gasteiger partial charge in [-0.3, -0.25) is 0 Å². The Kier molecular flexibility index (Phi) is 12.8. The second-order valence-corrected chi connectivity index (χ2v) is 13.6. The minimum absolute atomic E-state index is 0.0416. The summed E-state index contributed by atoms with van der Waals surface area (Å²) in [6.45, 7) is 10.5. The molecule has 0 heterocycles. The van der Waals surface area contributed by atoms with E-state index >= 15 is 0 Å². The molecule has 0 unspecified atom stereocenters. The van der Waals surface area contributed by atoms with Gasteiger partial charge in [-0.25, -0.2) is 14.4 Å². The fraction of sp³-hybridized carbons (Fsp3) is 0.100. The van der Waals surface area contributed by atoms with Crippen LogP contribution in [0.2, 0.25) is 0 Å². The lowest BCUT2D eigenvalue weighted by Gasteiger charge is -2.27. The number of anilines is 6. The van der Waals surface area contributed by atoms with Crippen molar-refractivity contribution in [2.24, 2.45) is 0 Å². The third-order valence-electron chi connectivity index (χ3n) is 9.67. The van der Waals surface area contributed by atoms with Gasteiger partial charge in [0.1, 0.15) is 23.9 Å². The Balaban J connectivity index is 1.06. The Bertz CT molecular complexity index is 2500. The Labute approximate surface area is 348 Å². The lowest BCUT2D eigenvalue weighted by Crippen LogP contribution is -2.14. The van der Waals surface area contributed by atoms with Crippen LogP contribution in [0.1, 0.15) is 23.1 Å². The van der Waals surface area contributed by atoms with Crippen LogP contribution in [0.3, 0.4) is 0 Å². The molecule has 0 saturated carbocycles. The first-order chi connectivity index (χ1) is 29.3. The molecule has 1 aliphatic carbocycles. The van der Waals surface area contributed by atoms with E-state index in [1.165, 1.54) is 17.2 Å². The summed E-state index contributed by atoms with van der Waals surface area (Å²) < 4.78 is 28.2. The molecule has 0 N–H and O–H groups in total. The van der Waals surface area contributed by atoms with Crippen molar-refractivity contribution in [2.45, 2.75) is 25.9 Å². The predicted molar refractivity (Wildman–Crippen MR) is 232 cm³/mol. The highest BCUT2D eigenvalue weighted by atomic mass is 16.7. The van der Waals surface area contributed by atoms with Crippen molar-refractivity contribution in [3.63, 3.8) is 0 Å². The number of benzene rings is 6. The van der Waals surface area contributed by atoms with Crippen LogP contribution in [0.5, 0.6) is 23.0 Å². The summed E-state index contributed by atoms with van der Waals surface area (Å²) in [5, 5.41) is 0. The zero-order valence-corrected chi connectivity index (χ0v) is 32.8. The van der Waals surface area contributed by atoms with Crippen molar-refractivity contribution in [3.05, 3.63) is 194 Å². The number of hydrogen-bond acceptors (Lipinski definition) is 10. The largest absolute Gasteiger partial charge is 0.458 e. The van der Waals surface area contributed by atoms with Crippen LogP contribution < -0.4 is 28.7 Å². The van der Waals surface area contributed by atoms with Gasteiger partial charge in [0.2, 0.25) is 6.79 Å². The van der Waals surface area contributed by atoms with Crippen molar-refractivity contribution in [3.8, 4) is 23.0 Å². The third kappa shape index (κ3) is 9.81. The van der Waals surface area contributed by atoms with Crippen molar-refractivity contribution in [2.75, 3.05) is 16.6 Å². The number of fused-ring (bicyclic) bond motifs is 1. The topological polar surface area (TPSA) is 104 Å². The monoisotopic (exact) mass is 798 g/mol. The second kappa shape index (κ2) is 19.1. The second-order valence-electron chi connectivity index (χ2n) is 13.6. The first kappa shape index (κ1) is 40.4. The van der Waals surface area contributed by atoms with Crippen molar-refractivity contribution < 1.29 is 38.1 Å². The Morgan fingerprint density at radius 1 is 0.517 bits per heavy atom. The minimum Gasteiger partial charge on any atom is -0.458 e. The summed E-state index contributed by atoms with van der Waals surface area (Å²) in [5.74, 6) is -0.270. The molecule has 0 aromatic heterocycles. The fourth-order valence-corrected chi connectivity index (χ4v) is 6.78. The number of para-hydroxylation sites is 1. The maximum Gasteiger partial charge on any atom is 0.335 e. The van der Waals surface area contributed by atoms with Crippen LogP contribution in [-0.2, 0) is 38.6 Å². The number of ether oxygens (including phenoxy) is 5. The summed E-state index contributed by atoms with van der Waals surface area (Å²) in [6, 6.07) is 44.1. The van der Waals surface area contributed by atoms with E-state index in [0.717, 1.165) is 71.5 Å². The summed E-state index contributed by atoms with van der Waals surface area (Å²) in [5.41, 5.74) is 8.60. The van der Waals surface area contributed by atoms with E-state index in [0.29, 0.717) is 17.2 Å². The molecular weight excluding hydrogens is 757 g/mol. The van der Waals surface area contributed by atoms with Crippen LogP contribution >= 0.6 is 0 Å². The maximum atomic E-state index is 12.4. The Morgan fingerprint density at radius 2 is 1.05 bits per heavy atom. The zero-order chi connectivity index (χ0) is 41.8. The van der Waals surface area contributed by atoms with E-state index < -0.39 is 17.9 Å². The van der Waals surface area contributed by atoms with Crippen molar-refractivity contribution >= 4 is 52.0 Å². The SMILES string of the molecule is C=CC(=O)OCc1ccc(N(c2ccc(OCOc3ccc(N(c4ccccc4)c4ccc(OC(=O)C=C)cc4OC(=O)C=C)cc3)cc2)c2ccc3c(c2)CCC3)cc1. The molecule has 10 nitrogen and oxygen atoms in total. The highest BCUT2D eigenvalue weighted by Crippen LogP contribution is 2.43. The quantitative estimate of drug-likeness (QED) is 0.0383. The van der Waals surface area contributed by atoms with Crippen molar-refractivity contribution in [1.82, 2.24) is 0 Å². The van der Waals surface area contributed by atoms with Gasteiger partial charge in [-0.05, 0) is 133 Å². The van der Waals surface area contributed by atoms with E-state index in [-0.39, 0.29) is 24.9 Å². The number of carbonyl (C=O) groups is 3. The molecule has 0 bridgehead atoms. The van der Waals surface area contributed by atoms with Gasteiger partial charge in [-0.1, -0.05) is 56.1 Å². The molecule has 0 saturated heterocycles. The molecule has 300 valence electrons.